The lowest BCUT2D eigenvalue weighted by Gasteiger charge is -2.17. The van der Waals surface area contributed by atoms with E-state index < -0.39 is 18.5 Å². The maximum Gasteiger partial charge on any atom is 0.311 e. The molecule has 186 valence electrons. The molecule has 0 unspecified atom stereocenters. The van der Waals surface area contributed by atoms with Gasteiger partial charge in [-0.25, -0.2) is 0 Å². The fourth-order valence-corrected chi connectivity index (χ4v) is 4.36. The first-order chi connectivity index (χ1) is 18.0. The van der Waals surface area contributed by atoms with Crippen LogP contribution in [0, 0.1) is 5.92 Å². The van der Waals surface area contributed by atoms with E-state index in [1.807, 2.05) is 42.5 Å². The van der Waals surface area contributed by atoms with E-state index in [9.17, 15) is 14.4 Å². The highest BCUT2D eigenvalue weighted by Crippen LogP contribution is 2.32. The summed E-state index contributed by atoms with van der Waals surface area (Å²) in [5.74, 6) is 0.204. The molecule has 37 heavy (non-hydrogen) atoms. The number of carbonyl (C=O) groups excluding carboxylic acids is 3. The summed E-state index contributed by atoms with van der Waals surface area (Å²) in [6.07, 6.45) is 0.0282. The van der Waals surface area contributed by atoms with Gasteiger partial charge in [-0.1, -0.05) is 48.5 Å². The van der Waals surface area contributed by atoms with Crippen LogP contribution >= 0.6 is 0 Å². The fraction of sp³-hybridized carbons (Fsp3) is 0.167. The van der Waals surface area contributed by atoms with Crippen LogP contribution in [0.1, 0.15) is 16.8 Å². The molecule has 0 aliphatic carbocycles. The number of benzene rings is 4. The van der Waals surface area contributed by atoms with Crippen LogP contribution in [-0.2, 0) is 14.3 Å². The molecule has 7 nitrogen and oxygen atoms in total. The number of Topliss-reactive ketones (excluding diaryl/α,β-unsaturated/α-hetero) is 1. The monoisotopic (exact) mass is 495 g/mol. The Hall–Kier alpha value is -4.65. The number of ketones is 1. The Bertz CT molecular complexity index is 1460. The van der Waals surface area contributed by atoms with Gasteiger partial charge in [-0.15, -0.1) is 0 Å². The molecular weight excluding hydrogens is 470 g/mol. The summed E-state index contributed by atoms with van der Waals surface area (Å²) in [6.45, 7) is -0.203. The average molecular weight is 496 g/mol. The lowest BCUT2D eigenvalue weighted by molar-refractivity contribution is -0.147. The summed E-state index contributed by atoms with van der Waals surface area (Å²) in [7, 11) is 1.51. The summed E-state index contributed by atoms with van der Waals surface area (Å²) in [6, 6.07) is 27.7. The summed E-state index contributed by atoms with van der Waals surface area (Å²) in [4.78, 5) is 39.2. The van der Waals surface area contributed by atoms with Crippen LogP contribution < -0.4 is 14.4 Å². The number of methoxy groups -OCH3 is 1. The molecule has 7 heteroatoms. The Labute approximate surface area is 214 Å². The number of anilines is 1. The van der Waals surface area contributed by atoms with Crippen molar-refractivity contribution in [1.82, 2.24) is 0 Å². The van der Waals surface area contributed by atoms with Crippen molar-refractivity contribution in [2.75, 3.05) is 25.2 Å². The van der Waals surface area contributed by atoms with E-state index in [0.29, 0.717) is 22.7 Å². The normalized spacial score (nSPS) is 15.0. The molecule has 1 atom stereocenters. The van der Waals surface area contributed by atoms with Crippen molar-refractivity contribution >= 4 is 34.1 Å². The SMILES string of the molecule is COc1cccc(C(=O)COC(=O)[C@@H]2CC(=O)N(c3ccc(Oc4cccc5ccccc45)cc3)C2)c1. The number of fused-ring (bicyclic) bond motifs is 1. The van der Waals surface area contributed by atoms with Gasteiger partial charge >= 0.3 is 5.97 Å². The molecule has 4 aromatic rings. The number of hydrogen-bond donors (Lipinski definition) is 0. The number of amides is 1. The summed E-state index contributed by atoms with van der Waals surface area (Å²) in [5, 5.41) is 2.09. The number of carbonyl (C=O) groups is 3. The van der Waals surface area contributed by atoms with Crippen LogP contribution in [0.25, 0.3) is 10.8 Å². The largest absolute Gasteiger partial charge is 0.497 e. The number of nitrogens with zero attached hydrogens (tertiary/aromatic N) is 1. The van der Waals surface area contributed by atoms with E-state index in [0.717, 1.165) is 16.5 Å². The van der Waals surface area contributed by atoms with Gasteiger partial charge < -0.3 is 19.1 Å². The first kappa shape index (κ1) is 24.1. The molecule has 1 heterocycles. The number of hydrogen-bond acceptors (Lipinski definition) is 6. The molecule has 0 radical (unpaired) electrons. The molecule has 0 aromatic heterocycles. The molecule has 1 saturated heterocycles. The summed E-state index contributed by atoms with van der Waals surface area (Å²) < 4.78 is 16.4. The molecule has 0 spiro atoms. The highest BCUT2D eigenvalue weighted by molar-refractivity contribution is 6.01. The van der Waals surface area contributed by atoms with Crippen LogP contribution in [0.3, 0.4) is 0 Å². The van der Waals surface area contributed by atoms with Gasteiger partial charge in [0.2, 0.25) is 5.91 Å². The minimum atomic E-state index is -0.641. The zero-order valence-corrected chi connectivity index (χ0v) is 20.3. The van der Waals surface area contributed by atoms with E-state index >= 15 is 0 Å². The van der Waals surface area contributed by atoms with Gasteiger partial charge in [-0.2, -0.15) is 0 Å². The van der Waals surface area contributed by atoms with Crippen molar-refractivity contribution in [1.29, 1.82) is 0 Å². The Balaban J connectivity index is 1.19. The zero-order valence-electron chi connectivity index (χ0n) is 20.3. The van der Waals surface area contributed by atoms with E-state index in [1.165, 1.54) is 7.11 Å². The van der Waals surface area contributed by atoms with Crippen LogP contribution in [0.4, 0.5) is 5.69 Å². The van der Waals surface area contributed by atoms with Crippen molar-refractivity contribution in [3.05, 3.63) is 96.6 Å². The van der Waals surface area contributed by atoms with Gasteiger partial charge in [0.05, 0.1) is 13.0 Å². The van der Waals surface area contributed by atoms with Gasteiger partial charge in [0.15, 0.2) is 12.4 Å². The predicted molar refractivity (Wildman–Crippen MR) is 139 cm³/mol. The fourth-order valence-electron chi connectivity index (χ4n) is 4.36. The van der Waals surface area contributed by atoms with E-state index in [4.69, 9.17) is 14.2 Å². The van der Waals surface area contributed by atoms with Crippen molar-refractivity contribution in [2.24, 2.45) is 5.92 Å². The molecule has 0 bridgehead atoms. The molecule has 0 N–H and O–H groups in total. The van der Waals surface area contributed by atoms with E-state index in [-0.39, 0.29) is 24.7 Å². The van der Waals surface area contributed by atoms with Crippen LogP contribution in [0.2, 0.25) is 0 Å². The number of ether oxygens (including phenoxy) is 3. The molecule has 1 amide bonds. The first-order valence-corrected chi connectivity index (χ1v) is 11.9. The maximum atomic E-state index is 12.6. The average Bonchev–Trinajstić information content (AvgIpc) is 3.33. The third-order valence-corrected chi connectivity index (χ3v) is 6.32. The highest BCUT2D eigenvalue weighted by atomic mass is 16.5. The molecular formula is C30H25NO6. The molecule has 5 rings (SSSR count). The Morgan fingerprint density at radius 2 is 1.65 bits per heavy atom. The van der Waals surface area contributed by atoms with Crippen LogP contribution in [0.15, 0.2) is 91.0 Å². The molecule has 4 aromatic carbocycles. The topological polar surface area (TPSA) is 82.1 Å². The zero-order chi connectivity index (χ0) is 25.8. The molecule has 1 aliphatic heterocycles. The van der Waals surface area contributed by atoms with Gasteiger partial charge in [-0.3, -0.25) is 14.4 Å². The molecule has 1 fully saturated rings. The predicted octanol–water partition coefficient (Wildman–Crippen LogP) is 5.42. The van der Waals surface area contributed by atoms with Crippen molar-refractivity contribution < 1.29 is 28.6 Å². The Morgan fingerprint density at radius 3 is 2.46 bits per heavy atom. The Kier molecular flexibility index (Phi) is 6.85. The van der Waals surface area contributed by atoms with Crippen molar-refractivity contribution in [3.8, 4) is 17.2 Å². The van der Waals surface area contributed by atoms with Crippen molar-refractivity contribution in [3.63, 3.8) is 0 Å². The first-order valence-electron chi connectivity index (χ1n) is 11.9. The third-order valence-electron chi connectivity index (χ3n) is 6.32. The highest BCUT2D eigenvalue weighted by Gasteiger charge is 2.36. The lowest BCUT2D eigenvalue weighted by atomic mass is 10.1. The number of rotatable bonds is 8. The van der Waals surface area contributed by atoms with Gasteiger partial charge in [-0.05, 0) is 47.9 Å². The molecule has 1 aliphatic rings. The second-order valence-electron chi connectivity index (χ2n) is 8.74. The van der Waals surface area contributed by atoms with E-state index in [2.05, 4.69) is 0 Å². The molecule has 0 saturated carbocycles. The van der Waals surface area contributed by atoms with Crippen LogP contribution in [0.5, 0.6) is 17.2 Å². The third kappa shape index (κ3) is 5.30. The van der Waals surface area contributed by atoms with Crippen molar-refractivity contribution in [2.45, 2.75) is 6.42 Å². The maximum absolute atomic E-state index is 12.6. The lowest BCUT2D eigenvalue weighted by Crippen LogP contribution is -2.27. The quantitative estimate of drug-likeness (QED) is 0.240. The van der Waals surface area contributed by atoms with Crippen LogP contribution in [-0.4, -0.2) is 37.9 Å². The summed E-state index contributed by atoms with van der Waals surface area (Å²) >= 11 is 0. The number of esters is 1. The van der Waals surface area contributed by atoms with Gasteiger partial charge in [0.1, 0.15) is 17.2 Å². The van der Waals surface area contributed by atoms with E-state index in [1.54, 1.807) is 53.4 Å². The smallest absolute Gasteiger partial charge is 0.311 e. The second-order valence-corrected chi connectivity index (χ2v) is 8.74. The minimum absolute atomic E-state index is 0.0282. The van der Waals surface area contributed by atoms with Gasteiger partial charge in [0, 0.05) is 29.6 Å². The minimum Gasteiger partial charge on any atom is -0.497 e. The van der Waals surface area contributed by atoms with Gasteiger partial charge in [0.25, 0.3) is 0 Å². The summed E-state index contributed by atoms with van der Waals surface area (Å²) in [5.41, 5.74) is 1.06. The Morgan fingerprint density at radius 1 is 0.892 bits per heavy atom. The second kappa shape index (κ2) is 10.5. The standard InChI is InChI=1S/C30H25NO6/c1-35-25-9-4-8-21(16-25)27(32)19-36-30(34)22-17-29(33)31(18-22)23-12-14-24(15-13-23)37-28-11-5-7-20-6-2-3-10-26(20)28/h2-16,22H,17-19H2,1H3/t22-/m1/s1.